The Bertz CT molecular complexity index is 493. The molecule has 2 amide bonds. The molecule has 5 nitrogen and oxygen atoms in total. The zero-order valence-corrected chi connectivity index (χ0v) is 13.2. The van der Waals surface area contributed by atoms with Crippen LogP contribution in [0.15, 0.2) is 11.6 Å². The second kappa shape index (κ2) is 5.52. The summed E-state index contributed by atoms with van der Waals surface area (Å²) in [5.74, 6) is 0.0573. The number of amides is 2. The lowest BCUT2D eigenvalue weighted by Gasteiger charge is -2.39. The summed E-state index contributed by atoms with van der Waals surface area (Å²) in [4.78, 5) is 30.3. The van der Waals surface area contributed by atoms with Crippen molar-refractivity contribution in [2.75, 3.05) is 13.1 Å². The first-order valence-electron chi connectivity index (χ1n) is 6.76. The Labute approximate surface area is 123 Å². The van der Waals surface area contributed by atoms with Crippen molar-refractivity contribution in [2.45, 2.75) is 39.7 Å². The van der Waals surface area contributed by atoms with E-state index < -0.39 is 6.04 Å². The normalized spacial score (nSPS) is 21.8. The molecule has 0 saturated carbocycles. The van der Waals surface area contributed by atoms with Crippen molar-refractivity contribution >= 4 is 23.2 Å². The van der Waals surface area contributed by atoms with Gasteiger partial charge in [0.2, 0.25) is 11.8 Å². The van der Waals surface area contributed by atoms with Gasteiger partial charge in [-0.05, 0) is 5.41 Å². The Morgan fingerprint density at radius 3 is 2.75 bits per heavy atom. The molecule has 1 saturated heterocycles. The number of nitrogens with one attached hydrogen (secondary N) is 1. The fourth-order valence-electron chi connectivity index (χ4n) is 2.33. The second-order valence-electron chi connectivity index (χ2n) is 6.36. The molecule has 0 aromatic carbocycles. The molecule has 20 heavy (non-hydrogen) atoms. The molecule has 0 radical (unpaired) electrons. The van der Waals surface area contributed by atoms with Crippen molar-refractivity contribution in [3.05, 3.63) is 16.6 Å². The molecule has 2 rings (SSSR count). The maximum atomic E-state index is 12.5. The molecule has 2 heterocycles. The summed E-state index contributed by atoms with van der Waals surface area (Å²) in [6.45, 7) is 8.59. The topological polar surface area (TPSA) is 62.3 Å². The molecule has 1 aromatic rings. The van der Waals surface area contributed by atoms with E-state index in [1.54, 1.807) is 22.4 Å². The van der Waals surface area contributed by atoms with Gasteiger partial charge in [0.05, 0.1) is 11.6 Å². The van der Waals surface area contributed by atoms with Crippen molar-refractivity contribution in [3.8, 4) is 0 Å². The summed E-state index contributed by atoms with van der Waals surface area (Å²) in [6, 6.07) is -0.452. The number of carbonyl (C=O) groups excluding carboxylic acids is 2. The summed E-state index contributed by atoms with van der Waals surface area (Å²) in [6.07, 6.45) is 1.76. The first-order chi connectivity index (χ1) is 9.29. The molecule has 0 aliphatic carbocycles. The molecule has 1 fully saturated rings. The van der Waals surface area contributed by atoms with Gasteiger partial charge < -0.3 is 10.2 Å². The van der Waals surface area contributed by atoms with Crippen molar-refractivity contribution in [1.29, 1.82) is 0 Å². The minimum absolute atomic E-state index is 0.000469. The molecule has 1 N–H and O–H groups in total. The highest BCUT2D eigenvalue weighted by Gasteiger charge is 2.40. The van der Waals surface area contributed by atoms with Crippen LogP contribution in [0.25, 0.3) is 0 Å². The molecule has 1 aromatic heterocycles. The quantitative estimate of drug-likeness (QED) is 0.921. The number of thiazole rings is 1. The number of carbonyl (C=O) groups is 2. The average Bonchev–Trinajstić information content (AvgIpc) is 2.85. The first kappa shape index (κ1) is 15.0. The van der Waals surface area contributed by atoms with Crippen molar-refractivity contribution < 1.29 is 9.59 Å². The smallest absolute Gasteiger partial charge is 0.246 e. The highest BCUT2D eigenvalue weighted by molar-refractivity contribution is 7.09. The highest BCUT2D eigenvalue weighted by Crippen LogP contribution is 2.25. The van der Waals surface area contributed by atoms with Gasteiger partial charge in [-0.3, -0.25) is 9.59 Å². The lowest BCUT2D eigenvalue weighted by atomic mass is 9.84. The van der Waals surface area contributed by atoms with Crippen LogP contribution in [0.1, 0.15) is 38.6 Å². The van der Waals surface area contributed by atoms with Gasteiger partial charge in [0.15, 0.2) is 0 Å². The fourth-order valence-corrected chi connectivity index (χ4v) is 3.02. The van der Waals surface area contributed by atoms with Crippen molar-refractivity contribution in [3.63, 3.8) is 0 Å². The average molecular weight is 295 g/mol. The lowest BCUT2D eigenvalue weighted by Crippen LogP contribution is -2.62. The number of hydrogen-bond donors (Lipinski definition) is 1. The van der Waals surface area contributed by atoms with Gasteiger partial charge in [-0.1, -0.05) is 27.7 Å². The van der Waals surface area contributed by atoms with E-state index in [0.29, 0.717) is 6.54 Å². The molecule has 2 atom stereocenters. The molecular weight excluding hydrogens is 274 g/mol. The second-order valence-corrected chi connectivity index (χ2v) is 7.28. The Balaban J connectivity index is 2.11. The van der Waals surface area contributed by atoms with Crippen LogP contribution in [0.3, 0.4) is 0 Å². The van der Waals surface area contributed by atoms with Crippen molar-refractivity contribution in [2.24, 2.45) is 5.41 Å². The predicted molar refractivity (Wildman–Crippen MR) is 78.5 cm³/mol. The van der Waals surface area contributed by atoms with Crippen LogP contribution in [0.5, 0.6) is 0 Å². The van der Waals surface area contributed by atoms with Crippen LogP contribution < -0.4 is 5.32 Å². The minimum Gasteiger partial charge on any atom is -0.342 e. The van der Waals surface area contributed by atoms with Gasteiger partial charge in [-0.2, -0.15) is 0 Å². The number of hydrogen-bond acceptors (Lipinski definition) is 4. The van der Waals surface area contributed by atoms with E-state index in [1.165, 1.54) is 0 Å². The molecule has 0 spiro atoms. The van der Waals surface area contributed by atoms with E-state index in [0.717, 1.165) is 5.01 Å². The third kappa shape index (κ3) is 3.17. The Hall–Kier alpha value is -1.43. The fraction of sp³-hybridized carbons (Fsp3) is 0.643. The van der Waals surface area contributed by atoms with Crippen LogP contribution in [0.2, 0.25) is 0 Å². The third-order valence-corrected chi connectivity index (χ3v) is 4.44. The van der Waals surface area contributed by atoms with Crippen LogP contribution in [0.4, 0.5) is 0 Å². The third-order valence-electron chi connectivity index (χ3n) is 3.43. The SMILES string of the molecule is CC(CN1CC(=O)NC(C(C)(C)C)C1=O)c1nccs1. The van der Waals surface area contributed by atoms with Crippen LogP contribution in [0, 0.1) is 5.41 Å². The van der Waals surface area contributed by atoms with E-state index in [1.807, 2.05) is 33.1 Å². The number of piperazine rings is 1. The van der Waals surface area contributed by atoms with Gasteiger partial charge in [0, 0.05) is 24.0 Å². The zero-order chi connectivity index (χ0) is 14.9. The van der Waals surface area contributed by atoms with Crippen LogP contribution in [-0.4, -0.2) is 40.8 Å². The van der Waals surface area contributed by atoms with E-state index in [2.05, 4.69) is 10.3 Å². The Morgan fingerprint density at radius 1 is 1.50 bits per heavy atom. The standard InChI is InChI=1S/C14H21N3O2S/c1-9(12-15-5-6-20-12)7-17-8-10(18)16-11(13(17)19)14(2,3)4/h5-6,9,11H,7-8H2,1-4H3,(H,16,18). The highest BCUT2D eigenvalue weighted by atomic mass is 32.1. The molecule has 1 aliphatic rings. The number of aromatic nitrogens is 1. The van der Waals surface area contributed by atoms with Gasteiger partial charge in [-0.25, -0.2) is 4.98 Å². The Morgan fingerprint density at radius 2 is 2.20 bits per heavy atom. The minimum atomic E-state index is -0.452. The molecule has 1 aliphatic heterocycles. The largest absolute Gasteiger partial charge is 0.342 e. The predicted octanol–water partition coefficient (Wildman–Crippen LogP) is 1.62. The summed E-state index contributed by atoms with van der Waals surface area (Å²) < 4.78 is 0. The maximum absolute atomic E-state index is 12.5. The van der Waals surface area contributed by atoms with E-state index in [-0.39, 0.29) is 29.7 Å². The lowest BCUT2D eigenvalue weighted by molar-refractivity contribution is -0.147. The summed E-state index contributed by atoms with van der Waals surface area (Å²) in [7, 11) is 0. The number of nitrogens with zero attached hydrogens (tertiary/aromatic N) is 2. The maximum Gasteiger partial charge on any atom is 0.246 e. The van der Waals surface area contributed by atoms with E-state index >= 15 is 0 Å². The summed E-state index contributed by atoms with van der Waals surface area (Å²) in [5, 5.41) is 5.72. The molecule has 0 bridgehead atoms. The Kier molecular flexibility index (Phi) is 4.13. The monoisotopic (exact) mass is 295 g/mol. The van der Waals surface area contributed by atoms with Gasteiger partial charge >= 0.3 is 0 Å². The first-order valence-corrected chi connectivity index (χ1v) is 7.64. The zero-order valence-electron chi connectivity index (χ0n) is 12.3. The van der Waals surface area contributed by atoms with Crippen LogP contribution >= 0.6 is 11.3 Å². The van der Waals surface area contributed by atoms with Crippen LogP contribution in [-0.2, 0) is 9.59 Å². The molecule has 6 heteroatoms. The molecule has 110 valence electrons. The van der Waals surface area contributed by atoms with E-state index in [9.17, 15) is 9.59 Å². The molecular formula is C14H21N3O2S. The van der Waals surface area contributed by atoms with Gasteiger partial charge in [0.1, 0.15) is 6.04 Å². The summed E-state index contributed by atoms with van der Waals surface area (Å²) >= 11 is 1.58. The van der Waals surface area contributed by atoms with Gasteiger partial charge in [0.25, 0.3) is 0 Å². The van der Waals surface area contributed by atoms with E-state index in [4.69, 9.17) is 0 Å². The molecule has 2 unspecified atom stereocenters. The number of rotatable bonds is 3. The summed E-state index contributed by atoms with van der Waals surface area (Å²) in [5.41, 5.74) is -0.282. The van der Waals surface area contributed by atoms with Gasteiger partial charge in [-0.15, -0.1) is 11.3 Å². The van der Waals surface area contributed by atoms with Crippen molar-refractivity contribution in [1.82, 2.24) is 15.2 Å².